The molecular formula is C10H8N2O2. The summed E-state index contributed by atoms with van der Waals surface area (Å²) in [6.07, 6.45) is 0. The molecule has 0 atom stereocenters. The lowest BCUT2D eigenvalue weighted by Gasteiger charge is -2.02. The van der Waals surface area contributed by atoms with Crippen LogP contribution < -0.4 is 5.32 Å². The Labute approximate surface area is 81.1 Å². The largest absolute Gasteiger partial charge is 0.503 e. The molecule has 70 valence electrons. The Kier molecular flexibility index (Phi) is 2.87. The smallest absolute Gasteiger partial charge is 0.289 e. The molecule has 0 bridgehead atoms. The number of nitrogens with one attached hydrogen (secondary N) is 1. The second-order valence-corrected chi connectivity index (χ2v) is 2.59. The SMILES string of the molecule is C=C(O)C(=O)Nc1ccc(C#N)cc1. The molecule has 4 heteroatoms. The molecule has 0 saturated heterocycles. The lowest BCUT2D eigenvalue weighted by Crippen LogP contribution is -2.12. The Morgan fingerprint density at radius 1 is 1.43 bits per heavy atom. The highest BCUT2D eigenvalue weighted by atomic mass is 16.3. The van der Waals surface area contributed by atoms with E-state index in [-0.39, 0.29) is 0 Å². The maximum Gasteiger partial charge on any atom is 0.289 e. The van der Waals surface area contributed by atoms with Crippen LogP contribution in [0.25, 0.3) is 0 Å². The van der Waals surface area contributed by atoms with Gasteiger partial charge < -0.3 is 10.4 Å². The van der Waals surface area contributed by atoms with E-state index < -0.39 is 11.7 Å². The van der Waals surface area contributed by atoms with Gasteiger partial charge in [-0.1, -0.05) is 6.58 Å². The molecule has 0 radical (unpaired) electrons. The van der Waals surface area contributed by atoms with Gasteiger partial charge in [0.05, 0.1) is 11.6 Å². The van der Waals surface area contributed by atoms with E-state index in [9.17, 15) is 4.79 Å². The number of amides is 1. The van der Waals surface area contributed by atoms with E-state index >= 15 is 0 Å². The predicted molar refractivity (Wildman–Crippen MR) is 51.6 cm³/mol. The third kappa shape index (κ3) is 2.35. The molecular weight excluding hydrogens is 180 g/mol. The highest BCUT2D eigenvalue weighted by Crippen LogP contribution is 2.09. The summed E-state index contributed by atoms with van der Waals surface area (Å²) < 4.78 is 0. The van der Waals surface area contributed by atoms with E-state index in [1.807, 2.05) is 6.07 Å². The summed E-state index contributed by atoms with van der Waals surface area (Å²) in [6, 6.07) is 8.22. The van der Waals surface area contributed by atoms with E-state index in [1.54, 1.807) is 24.3 Å². The number of benzene rings is 1. The maximum atomic E-state index is 10.9. The van der Waals surface area contributed by atoms with Crippen molar-refractivity contribution in [2.24, 2.45) is 0 Å². The molecule has 2 N–H and O–H groups in total. The molecule has 0 heterocycles. The van der Waals surface area contributed by atoms with Crippen LogP contribution in [0, 0.1) is 11.3 Å². The summed E-state index contributed by atoms with van der Waals surface area (Å²) in [4.78, 5) is 10.9. The highest BCUT2D eigenvalue weighted by molar-refractivity contribution is 6.01. The summed E-state index contributed by atoms with van der Waals surface area (Å²) in [6.45, 7) is 3.08. The van der Waals surface area contributed by atoms with Gasteiger partial charge in [-0.15, -0.1) is 0 Å². The van der Waals surface area contributed by atoms with Gasteiger partial charge in [0.1, 0.15) is 0 Å². The standard InChI is InChI=1S/C10H8N2O2/c1-7(13)10(14)12-9-4-2-8(6-11)3-5-9/h2-5,13H,1H2,(H,12,14). The number of nitriles is 1. The fourth-order valence-corrected chi connectivity index (χ4v) is 0.831. The van der Waals surface area contributed by atoms with Crippen molar-refractivity contribution in [1.82, 2.24) is 0 Å². The number of nitrogens with zero attached hydrogens (tertiary/aromatic N) is 1. The molecule has 1 aromatic rings. The molecule has 0 spiro atoms. The third-order valence-electron chi connectivity index (χ3n) is 1.53. The summed E-state index contributed by atoms with van der Waals surface area (Å²) in [5, 5.41) is 19.6. The van der Waals surface area contributed by atoms with Crippen molar-refractivity contribution in [1.29, 1.82) is 5.26 Å². The van der Waals surface area contributed by atoms with Crippen molar-refractivity contribution in [3.8, 4) is 6.07 Å². The van der Waals surface area contributed by atoms with Gasteiger partial charge in [-0.25, -0.2) is 0 Å². The van der Waals surface area contributed by atoms with E-state index in [0.717, 1.165) is 0 Å². The predicted octanol–water partition coefficient (Wildman–Crippen LogP) is 1.57. The van der Waals surface area contributed by atoms with Gasteiger partial charge in [-0.3, -0.25) is 4.79 Å². The molecule has 14 heavy (non-hydrogen) atoms. The summed E-state index contributed by atoms with van der Waals surface area (Å²) in [5.74, 6) is -1.20. The van der Waals surface area contributed by atoms with Gasteiger partial charge in [-0.2, -0.15) is 5.26 Å². The van der Waals surface area contributed by atoms with Crippen LogP contribution in [0.4, 0.5) is 5.69 Å². The summed E-state index contributed by atoms with van der Waals surface area (Å²) in [5.41, 5.74) is 1.01. The number of anilines is 1. The number of aliphatic hydroxyl groups is 1. The van der Waals surface area contributed by atoms with E-state index in [0.29, 0.717) is 11.3 Å². The number of carbonyl (C=O) groups is 1. The zero-order valence-corrected chi connectivity index (χ0v) is 7.32. The van der Waals surface area contributed by atoms with Crippen molar-refractivity contribution < 1.29 is 9.90 Å². The molecule has 1 amide bonds. The Morgan fingerprint density at radius 2 is 2.00 bits per heavy atom. The van der Waals surface area contributed by atoms with Gasteiger partial charge in [0.15, 0.2) is 5.76 Å². The lowest BCUT2D eigenvalue weighted by molar-refractivity contribution is -0.115. The van der Waals surface area contributed by atoms with Crippen molar-refractivity contribution in [3.05, 3.63) is 42.2 Å². The molecule has 0 saturated carbocycles. The molecule has 0 aliphatic carbocycles. The van der Waals surface area contributed by atoms with Crippen LogP contribution in [0.15, 0.2) is 36.6 Å². The van der Waals surface area contributed by atoms with Gasteiger partial charge in [0.2, 0.25) is 0 Å². The first kappa shape index (κ1) is 9.81. The zero-order valence-electron chi connectivity index (χ0n) is 7.32. The quantitative estimate of drug-likeness (QED) is 0.546. The zero-order chi connectivity index (χ0) is 10.6. The minimum absolute atomic E-state index is 0.504. The van der Waals surface area contributed by atoms with E-state index in [1.165, 1.54) is 0 Å². The Morgan fingerprint density at radius 3 is 2.43 bits per heavy atom. The molecule has 0 fully saturated rings. The van der Waals surface area contributed by atoms with Crippen molar-refractivity contribution in [3.63, 3.8) is 0 Å². The molecule has 0 aliphatic rings. The molecule has 0 aliphatic heterocycles. The van der Waals surface area contributed by atoms with Crippen LogP contribution in [0.2, 0.25) is 0 Å². The summed E-state index contributed by atoms with van der Waals surface area (Å²) in [7, 11) is 0. The Balaban J connectivity index is 2.75. The Hall–Kier alpha value is -2.28. The monoisotopic (exact) mass is 188 g/mol. The topological polar surface area (TPSA) is 73.1 Å². The van der Waals surface area contributed by atoms with Gasteiger partial charge >= 0.3 is 0 Å². The first-order valence-electron chi connectivity index (χ1n) is 3.83. The number of aliphatic hydroxyl groups excluding tert-OH is 1. The van der Waals surface area contributed by atoms with E-state index in [4.69, 9.17) is 10.4 Å². The molecule has 0 unspecified atom stereocenters. The fraction of sp³-hybridized carbons (Fsp3) is 0. The van der Waals surface area contributed by atoms with Gasteiger partial charge in [0.25, 0.3) is 5.91 Å². The number of hydrogen-bond donors (Lipinski definition) is 2. The molecule has 4 nitrogen and oxygen atoms in total. The average molecular weight is 188 g/mol. The normalized spacial score (nSPS) is 8.79. The van der Waals surface area contributed by atoms with Gasteiger partial charge in [-0.05, 0) is 24.3 Å². The number of hydrogen-bond acceptors (Lipinski definition) is 3. The number of rotatable bonds is 2. The van der Waals surface area contributed by atoms with Gasteiger partial charge in [0, 0.05) is 5.69 Å². The van der Waals surface area contributed by atoms with Crippen LogP contribution in [0.3, 0.4) is 0 Å². The molecule has 0 aromatic heterocycles. The van der Waals surface area contributed by atoms with E-state index in [2.05, 4.69) is 11.9 Å². The van der Waals surface area contributed by atoms with Crippen LogP contribution in [-0.4, -0.2) is 11.0 Å². The maximum absolute atomic E-state index is 10.9. The molecule has 1 rings (SSSR count). The fourth-order valence-electron chi connectivity index (χ4n) is 0.831. The third-order valence-corrected chi connectivity index (χ3v) is 1.53. The number of carbonyl (C=O) groups excluding carboxylic acids is 1. The van der Waals surface area contributed by atoms with Crippen LogP contribution >= 0.6 is 0 Å². The molecule has 1 aromatic carbocycles. The van der Waals surface area contributed by atoms with Crippen LogP contribution in [0.1, 0.15) is 5.56 Å². The minimum atomic E-state index is -0.658. The Bertz CT molecular complexity index is 401. The first-order valence-corrected chi connectivity index (χ1v) is 3.83. The highest BCUT2D eigenvalue weighted by Gasteiger charge is 2.04. The van der Waals surface area contributed by atoms with Crippen molar-refractivity contribution >= 4 is 11.6 Å². The van der Waals surface area contributed by atoms with Crippen LogP contribution in [-0.2, 0) is 4.79 Å². The average Bonchev–Trinajstić information content (AvgIpc) is 2.19. The van der Waals surface area contributed by atoms with Crippen molar-refractivity contribution in [2.45, 2.75) is 0 Å². The first-order chi connectivity index (χ1) is 6.63. The van der Waals surface area contributed by atoms with Crippen LogP contribution in [0.5, 0.6) is 0 Å². The second-order valence-electron chi connectivity index (χ2n) is 2.59. The minimum Gasteiger partial charge on any atom is -0.503 e. The lowest BCUT2D eigenvalue weighted by atomic mass is 10.2. The van der Waals surface area contributed by atoms with Crippen molar-refractivity contribution in [2.75, 3.05) is 5.32 Å². The second kappa shape index (κ2) is 4.10. The summed E-state index contributed by atoms with van der Waals surface area (Å²) >= 11 is 0.